The van der Waals surface area contributed by atoms with Crippen molar-refractivity contribution in [3.8, 4) is 0 Å². The van der Waals surface area contributed by atoms with Gasteiger partial charge in [-0.25, -0.2) is 0 Å². The number of rotatable bonds is 1. The van der Waals surface area contributed by atoms with E-state index >= 15 is 0 Å². The Morgan fingerprint density at radius 2 is 2.29 bits per heavy atom. The first-order valence-electron chi connectivity index (χ1n) is 4.64. The van der Waals surface area contributed by atoms with Crippen LogP contribution in [0.3, 0.4) is 0 Å². The molecule has 0 saturated heterocycles. The molecule has 0 saturated carbocycles. The highest BCUT2D eigenvalue weighted by molar-refractivity contribution is 9.10. The van der Waals surface area contributed by atoms with Gasteiger partial charge in [-0.3, -0.25) is 0 Å². The quantitative estimate of drug-likeness (QED) is 0.749. The van der Waals surface area contributed by atoms with Gasteiger partial charge in [-0.2, -0.15) is 0 Å². The Hall–Kier alpha value is -0.470. The molecule has 3 heteroatoms. The Balaban J connectivity index is 2.44. The minimum Gasteiger partial charge on any atom is -0.347 e. The fourth-order valence-electron chi connectivity index (χ4n) is 1.83. The summed E-state index contributed by atoms with van der Waals surface area (Å²) in [6, 6.07) is 6.28. The molecule has 14 heavy (non-hydrogen) atoms. The number of hydrogen-bond acceptors (Lipinski definition) is 1. The standard InChI is InChI=1S/C11H11BrClN/c12-10-4-1-5-11-9(10)3-2-7-14(11)8-6-13/h1,4-6,8H,2-3,7H2. The summed E-state index contributed by atoms with van der Waals surface area (Å²) in [6.07, 6.45) is 4.24. The molecule has 1 nitrogen and oxygen atoms in total. The maximum Gasteiger partial charge on any atom is 0.0450 e. The van der Waals surface area contributed by atoms with Gasteiger partial charge in [-0.1, -0.05) is 33.6 Å². The largest absolute Gasteiger partial charge is 0.347 e. The van der Waals surface area contributed by atoms with Crippen molar-refractivity contribution in [2.24, 2.45) is 0 Å². The van der Waals surface area contributed by atoms with Crippen molar-refractivity contribution in [2.45, 2.75) is 12.8 Å². The lowest BCUT2D eigenvalue weighted by atomic mass is 10.0. The molecule has 1 aromatic rings. The summed E-state index contributed by atoms with van der Waals surface area (Å²) in [5.74, 6) is 0. The summed E-state index contributed by atoms with van der Waals surface area (Å²) in [6.45, 7) is 1.05. The topological polar surface area (TPSA) is 3.24 Å². The molecule has 0 amide bonds. The zero-order valence-electron chi connectivity index (χ0n) is 7.71. The fraction of sp³-hybridized carbons (Fsp3) is 0.273. The van der Waals surface area contributed by atoms with Crippen LogP contribution in [0.2, 0.25) is 0 Å². The van der Waals surface area contributed by atoms with Crippen LogP contribution in [0.25, 0.3) is 0 Å². The summed E-state index contributed by atoms with van der Waals surface area (Å²) in [4.78, 5) is 2.19. The van der Waals surface area contributed by atoms with Gasteiger partial charge in [0.2, 0.25) is 0 Å². The smallest absolute Gasteiger partial charge is 0.0450 e. The van der Waals surface area contributed by atoms with Crippen molar-refractivity contribution in [1.29, 1.82) is 0 Å². The highest BCUT2D eigenvalue weighted by atomic mass is 79.9. The van der Waals surface area contributed by atoms with Crippen molar-refractivity contribution in [3.05, 3.63) is 40.0 Å². The van der Waals surface area contributed by atoms with Crippen molar-refractivity contribution < 1.29 is 0 Å². The second kappa shape index (κ2) is 4.37. The SMILES string of the molecule is ClC=CN1CCCc2c(Br)cccc21. The molecular weight excluding hydrogens is 261 g/mol. The second-order valence-electron chi connectivity index (χ2n) is 3.31. The average Bonchev–Trinajstić information content (AvgIpc) is 2.20. The number of halogens is 2. The summed E-state index contributed by atoms with van der Waals surface area (Å²) in [5, 5.41) is 0. The van der Waals surface area contributed by atoms with Gasteiger partial charge >= 0.3 is 0 Å². The van der Waals surface area contributed by atoms with Crippen LogP contribution in [-0.4, -0.2) is 6.54 Å². The van der Waals surface area contributed by atoms with Crippen LogP contribution >= 0.6 is 27.5 Å². The minimum atomic E-state index is 1.05. The van der Waals surface area contributed by atoms with Gasteiger partial charge in [0.1, 0.15) is 0 Å². The van der Waals surface area contributed by atoms with Crippen LogP contribution in [-0.2, 0) is 6.42 Å². The minimum absolute atomic E-state index is 1.05. The summed E-state index contributed by atoms with van der Waals surface area (Å²) < 4.78 is 1.20. The lowest BCUT2D eigenvalue weighted by Gasteiger charge is -2.28. The van der Waals surface area contributed by atoms with Gasteiger partial charge in [-0.15, -0.1) is 0 Å². The number of hydrogen-bond donors (Lipinski definition) is 0. The molecule has 1 aliphatic rings. The fourth-order valence-corrected chi connectivity index (χ4v) is 2.52. The molecule has 0 unspecified atom stereocenters. The van der Waals surface area contributed by atoms with Crippen LogP contribution in [0.5, 0.6) is 0 Å². The summed E-state index contributed by atoms with van der Waals surface area (Å²) in [5.41, 5.74) is 4.21. The number of anilines is 1. The molecule has 0 aliphatic carbocycles. The van der Waals surface area contributed by atoms with Crippen molar-refractivity contribution in [2.75, 3.05) is 11.4 Å². The maximum absolute atomic E-state index is 5.61. The predicted molar refractivity (Wildman–Crippen MR) is 64.8 cm³/mol. The molecule has 1 aliphatic heterocycles. The van der Waals surface area contributed by atoms with Gasteiger partial charge < -0.3 is 4.90 Å². The molecule has 0 N–H and O–H groups in total. The van der Waals surface area contributed by atoms with E-state index < -0.39 is 0 Å². The second-order valence-corrected chi connectivity index (χ2v) is 4.42. The van der Waals surface area contributed by atoms with Crippen LogP contribution in [0.1, 0.15) is 12.0 Å². The van der Waals surface area contributed by atoms with Crippen molar-refractivity contribution in [1.82, 2.24) is 0 Å². The first kappa shape index (κ1) is 10.1. The van der Waals surface area contributed by atoms with Gasteiger partial charge in [0.25, 0.3) is 0 Å². The molecule has 0 atom stereocenters. The molecule has 1 aromatic carbocycles. The molecule has 0 radical (unpaired) electrons. The monoisotopic (exact) mass is 271 g/mol. The number of nitrogens with zero attached hydrogens (tertiary/aromatic N) is 1. The Labute approximate surface area is 97.5 Å². The summed E-state index contributed by atoms with van der Waals surface area (Å²) >= 11 is 9.18. The molecule has 1 heterocycles. The molecule has 0 bridgehead atoms. The first-order chi connectivity index (χ1) is 6.83. The van der Waals surface area contributed by atoms with E-state index in [9.17, 15) is 0 Å². The van der Waals surface area contributed by atoms with E-state index in [4.69, 9.17) is 11.6 Å². The molecular formula is C11H11BrClN. The molecule has 2 rings (SSSR count). The molecule has 0 spiro atoms. The summed E-state index contributed by atoms with van der Waals surface area (Å²) in [7, 11) is 0. The van der Waals surface area contributed by atoms with Gasteiger partial charge in [0.15, 0.2) is 0 Å². The Morgan fingerprint density at radius 3 is 3.07 bits per heavy atom. The van der Waals surface area contributed by atoms with E-state index in [1.165, 1.54) is 22.1 Å². The lowest BCUT2D eigenvalue weighted by molar-refractivity contribution is 0.760. The van der Waals surface area contributed by atoms with Gasteiger partial charge in [0, 0.05) is 28.4 Å². The van der Waals surface area contributed by atoms with Crippen LogP contribution < -0.4 is 4.90 Å². The van der Waals surface area contributed by atoms with E-state index in [1.54, 1.807) is 5.54 Å². The van der Waals surface area contributed by atoms with E-state index in [-0.39, 0.29) is 0 Å². The lowest BCUT2D eigenvalue weighted by Crippen LogP contribution is -2.23. The van der Waals surface area contributed by atoms with Gasteiger partial charge in [-0.05, 0) is 30.5 Å². The Morgan fingerprint density at radius 1 is 1.43 bits per heavy atom. The van der Waals surface area contributed by atoms with E-state index in [2.05, 4.69) is 39.0 Å². The Bertz CT molecular complexity index is 362. The normalized spacial score (nSPS) is 16.0. The Kier molecular flexibility index (Phi) is 3.14. The molecule has 0 fully saturated rings. The number of benzene rings is 1. The number of fused-ring (bicyclic) bond motifs is 1. The average molecular weight is 273 g/mol. The van der Waals surface area contributed by atoms with Gasteiger partial charge in [0.05, 0.1) is 0 Å². The van der Waals surface area contributed by atoms with Crippen molar-refractivity contribution >= 4 is 33.2 Å². The third kappa shape index (κ3) is 1.82. The molecule has 74 valence electrons. The first-order valence-corrected chi connectivity index (χ1v) is 5.87. The maximum atomic E-state index is 5.61. The van der Waals surface area contributed by atoms with E-state index in [0.717, 1.165) is 13.0 Å². The third-order valence-electron chi connectivity index (χ3n) is 2.47. The van der Waals surface area contributed by atoms with Crippen molar-refractivity contribution in [3.63, 3.8) is 0 Å². The zero-order valence-corrected chi connectivity index (χ0v) is 10.1. The van der Waals surface area contributed by atoms with Crippen LogP contribution in [0, 0.1) is 0 Å². The van der Waals surface area contributed by atoms with E-state index in [1.807, 2.05) is 6.20 Å². The highest BCUT2D eigenvalue weighted by Gasteiger charge is 2.16. The van der Waals surface area contributed by atoms with E-state index in [0.29, 0.717) is 0 Å². The third-order valence-corrected chi connectivity index (χ3v) is 3.32. The molecule has 0 aromatic heterocycles. The van der Waals surface area contributed by atoms with Crippen LogP contribution in [0.4, 0.5) is 5.69 Å². The zero-order chi connectivity index (χ0) is 9.97. The highest BCUT2D eigenvalue weighted by Crippen LogP contribution is 2.32. The predicted octanol–water partition coefficient (Wildman–Crippen LogP) is 3.91. The van der Waals surface area contributed by atoms with Crippen LogP contribution in [0.15, 0.2) is 34.4 Å².